The number of phenols is 1. The molecular weight excluding hydrogens is 412 g/mol. The van der Waals surface area contributed by atoms with Crippen LogP contribution in [0.5, 0.6) is 28.7 Å². The van der Waals surface area contributed by atoms with Crippen molar-refractivity contribution in [3.63, 3.8) is 0 Å². The van der Waals surface area contributed by atoms with E-state index in [1.807, 2.05) is 31.2 Å². The molecule has 0 heterocycles. The van der Waals surface area contributed by atoms with Gasteiger partial charge >= 0.3 is 0 Å². The number of hydrogen-bond acceptors (Lipinski definition) is 5. The third kappa shape index (κ3) is 4.87. The quantitative estimate of drug-likeness (QED) is 0.397. The molecule has 0 aromatic heterocycles. The van der Waals surface area contributed by atoms with Crippen LogP contribution in [0, 0.1) is 6.92 Å². The summed E-state index contributed by atoms with van der Waals surface area (Å²) >= 11 is 0. The first-order valence-electron chi connectivity index (χ1n) is 9.57. The first kappa shape index (κ1) is 20.5. The van der Waals surface area contributed by atoms with Crippen molar-refractivity contribution in [3.8, 4) is 28.7 Å². The van der Waals surface area contributed by atoms with Gasteiger partial charge in [0.2, 0.25) is 9.84 Å². The maximum atomic E-state index is 12.9. The molecule has 4 aromatic rings. The van der Waals surface area contributed by atoms with E-state index in [1.165, 1.54) is 36.4 Å². The highest BCUT2D eigenvalue weighted by Gasteiger charge is 2.18. The topological polar surface area (TPSA) is 72.8 Å². The summed E-state index contributed by atoms with van der Waals surface area (Å²) < 4.78 is 37.3. The number of aryl methyl sites for hydroxylation is 1. The molecule has 0 spiro atoms. The van der Waals surface area contributed by atoms with Gasteiger partial charge in [-0.05, 0) is 91.9 Å². The Kier molecular flexibility index (Phi) is 5.64. The summed E-state index contributed by atoms with van der Waals surface area (Å²) in [4.78, 5) is 0.341. The van der Waals surface area contributed by atoms with Gasteiger partial charge in [-0.3, -0.25) is 0 Å². The summed E-state index contributed by atoms with van der Waals surface area (Å²) in [6.07, 6.45) is 0. The lowest BCUT2D eigenvalue weighted by Crippen LogP contribution is -2.01. The number of rotatable bonds is 6. The number of aromatic hydroxyl groups is 1. The molecule has 4 rings (SSSR count). The Hall–Kier alpha value is -3.77. The van der Waals surface area contributed by atoms with Crippen molar-refractivity contribution in [2.75, 3.05) is 0 Å². The summed E-state index contributed by atoms with van der Waals surface area (Å²) in [5.41, 5.74) is 1.13. The lowest BCUT2D eigenvalue weighted by atomic mass is 10.2. The summed E-state index contributed by atoms with van der Waals surface area (Å²) in [5.74, 6) is 2.42. The molecule has 0 unspecified atom stereocenters. The van der Waals surface area contributed by atoms with Gasteiger partial charge in [0, 0.05) is 0 Å². The minimum Gasteiger partial charge on any atom is -0.508 e. The van der Waals surface area contributed by atoms with E-state index in [0.29, 0.717) is 23.0 Å². The van der Waals surface area contributed by atoms with Gasteiger partial charge in [0.1, 0.15) is 28.7 Å². The fourth-order valence-corrected chi connectivity index (χ4v) is 4.16. The van der Waals surface area contributed by atoms with Crippen LogP contribution in [0.1, 0.15) is 5.56 Å². The Morgan fingerprint density at radius 2 is 0.871 bits per heavy atom. The molecule has 6 heteroatoms. The SMILES string of the molecule is Cc1ccc(Oc2ccc(S(=O)(=O)c3ccc(Oc4ccc(O)cc4)cc3)cc2)cc1. The largest absolute Gasteiger partial charge is 0.508 e. The first-order valence-corrected chi connectivity index (χ1v) is 11.1. The van der Waals surface area contributed by atoms with E-state index in [1.54, 1.807) is 36.4 Å². The Bertz CT molecular complexity index is 1160. The highest BCUT2D eigenvalue weighted by Crippen LogP contribution is 2.29. The van der Waals surface area contributed by atoms with Crippen LogP contribution in [-0.4, -0.2) is 13.5 Å². The first-order chi connectivity index (χ1) is 14.9. The van der Waals surface area contributed by atoms with Crippen LogP contribution < -0.4 is 9.47 Å². The standard InChI is InChI=1S/C25H20O5S/c1-18-2-6-20(7-3-18)29-22-10-14-24(15-11-22)31(27,28)25-16-12-23(13-17-25)30-21-8-4-19(26)5-9-21/h2-17,26H,1H3. The molecule has 0 aliphatic heterocycles. The molecule has 0 atom stereocenters. The van der Waals surface area contributed by atoms with Crippen molar-refractivity contribution in [1.82, 2.24) is 0 Å². The number of hydrogen-bond donors (Lipinski definition) is 1. The Morgan fingerprint density at radius 3 is 1.26 bits per heavy atom. The number of benzene rings is 4. The van der Waals surface area contributed by atoms with Gasteiger partial charge < -0.3 is 14.6 Å². The van der Waals surface area contributed by atoms with Crippen LogP contribution in [0.4, 0.5) is 0 Å². The van der Waals surface area contributed by atoms with Crippen molar-refractivity contribution in [2.45, 2.75) is 16.7 Å². The Morgan fingerprint density at radius 1 is 0.548 bits per heavy atom. The predicted molar refractivity (Wildman–Crippen MR) is 118 cm³/mol. The fourth-order valence-electron chi connectivity index (χ4n) is 2.90. The second kappa shape index (κ2) is 8.53. The highest BCUT2D eigenvalue weighted by molar-refractivity contribution is 7.91. The second-order valence-corrected chi connectivity index (χ2v) is 8.91. The molecule has 0 bridgehead atoms. The minimum atomic E-state index is -3.67. The number of phenolic OH excluding ortho intramolecular Hbond substituents is 1. The molecular formula is C25H20O5S. The van der Waals surface area contributed by atoms with Crippen molar-refractivity contribution in [2.24, 2.45) is 0 Å². The summed E-state index contributed by atoms with van der Waals surface area (Å²) in [5, 5.41) is 9.33. The van der Waals surface area contributed by atoms with Gasteiger partial charge in [-0.2, -0.15) is 0 Å². The zero-order chi connectivity index (χ0) is 21.8. The Balaban J connectivity index is 1.48. The van der Waals surface area contributed by atoms with Crippen LogP contribution in [0.3, 0.4) is 0 Å². The number of sulfone groups is 1. The average molecular weight is 432 g/mol. The number of ether oxygens (including phenoxy) is 2. The smallest absolute Gasteiger partial charge is 0.206 e. The fraction of sp³-hybridized carbons (Fsp3) is 0.0400. The van der Waals surface area contributed by atoms with Crippen LogP contribution in [0.15, 0.2) is 107 Å². The predicted octanol–water partition coefficient (Wildman–Crippen LogP) is 6.12. The molecule has 0 fully saturated rings. The maximum absolute atomic E-state index is 12.9. The molecule has 0 saturated carbocycles. The van der Waals surface area contributed by atoms with E-state index in [9.17, 15) is 13.5 Å². The van der Waals surface area contributed by atoms with Crippen molar-refractivity contribution in [1.29, 1.82) is 0 Å². The van der Waals surface area contributed by atoms with Crippen LogP contribution in [0.25, 0.3) is 0 Å². The molecule has 0 amide bonds. The average Bonchev–Trinajstić information content (AvgIpc) is 2.78. The summed E-state index contributed by atoms with van der Waals surface area (Å²) in [6, 6.07) is 26.4. The van der Waals surface area contributed by atoms with Gasteiger partial charge in [-0.25, -0.2) is 8.42 Å². The molecule has 0 radical (unpaired) electrons. The monoisotopic (exact) mass is 432 g/mol. The van der Waals surface area contributed by atoms with Crippen molar-refractivity contribution in [3.05, 3.63) is 103 Å². The third-order valence-corrected chi connectivity index (χ3v) is 6.38. The van der Waals surface area contributed by atoms with Crippen LogP contribution in [-0.2, 0) is 9.84 Å². The third-order valence-electron chi connectivity index (χ3n) is 4.60. The van der Waals surface area contributed by atoms with Gasteiger partial charge in [0.25, 0.3) is 0 Å². The van der Waals surface area contributed by atoms with Crippen molar-refractivity contribution >= 4 is 9.84 Å². The van der Waals surface area contributed by atoms with Crippen molar-refractivity contribution < 1.29 is 23.0 Å². The molecule has 0 aliphatic carbocycles. The van der Waals surface area contributed by atoms with Gasteiger partial charge in [0.05, 0.1) is 9.79 Å². The van der Waals surface area contributed by atoms with E-state index in [0.717, 1.165) is 5.56 Å². The highest BCUT2D eigenvalue weighted by atomic mass is 32.2. The van der Waals surface area contributed by atoms with Gasteiger partial charge in [0.15, 0.2) is 0 Å². The lowest BCUT2D eigenvalue weighted by Gasteiger charge is -2.09. The van der Waals surface area contributed by atoms with Crippen LogP contribution in [0.2, 0.25) is 0 Å². The normalized spacial score (nSPS) is 11.1. The van der Waals surface area contributed by atoms with E-state index >= 15 is 0 Å². The van der Waals surface area contributed by atoms with Gasteiger partial charge in [-0.1, -0.05) is 17.7 Å². The molecule has 156 valence electrons. The summed E-state index contributed by atoms with van der Waals surface area (Å²) in [6.45, 7) is 2.00. The summed E-state index contributed by atoms with van der Waals surface area (Å²) in [7, 11) is -3.67. The lowest BCUT2D eigenvalue weighted by molar-refractivity contribution is 0.464. The van der Waals surface area contributed by atoms with E-state index in [4.69, 9.17) is 9.47 Å². The second-order valence-electron chi connectivity index (χ2n) is 6.96. The van der Waals surface area contributed by atoms with E-state index < -0.39 is 9.84 Å². The minimum absolute atomic E-state index is 0.143. The zero-order valence-electron chi connectivity index (χ0n) is 16.7. The molecule has 0 aliphatic rings. The molecule has 0 saturated heterocycles. The molecule has 31 heavy (non-hydrogen) atoms. The Labute approximate surface area is 181 Å². The zero-order valence-corrected chi connectivity index (χ0v) is 17.5. The molecule has 1 N–H and O–H groups in total. The van der Waals surface area contributed by atoms with E-state index in [2.05, 4.69) is 0 Å². The molecule has 4 aromatic carbocycles. The maximum Gasteiger partial charge on any atom is 0.206 e. The molecule has 5 nitrogen and oxygen atoms in total. The van der Waals surface area contributed by atoms with Crippen LogP contribution >= 0.6 is 0 Å². The van der Waals surface area contributed by atoms with E-state index in [-0.39, 0.29) is 15.5 Å². The van der Waals surface area contributed by atoms with Gasteiger partial charge in [-0.15, -0.1) is 0 Å².